The molecule has 0 bridgehead atoms. The molecular weight excluding hydrogens is 609 g/mol. The van der Waals surface area contributed by atoms with Crippen molar-refractivity contribution in [3.05, 3.63) is 36.5 Å². The van der Waals surface area contributed by atoms with Crippen LogP contribution in [-0.2, 0) is 9.53 Å². The number of rotatable bonds is 20. The van der Waals surface area contributed by atoms with E-state index in [0.29, 0.717) is 39.9 Å². The van der Waals surface area contributed by atoms with E-state index in [4.69, 9.17) is 4.74 Å². The Morgan fingerprint density at radius 2 is 1.50 bits per heavy atom. The Balaban J connectivity index is 1.02. The van der Waals surface area contributed by atoms with E-state index >= 15 is 0 Å². The van der Waals surface area contributed by atoms with Gasteiger partial charge in [-0.15, -0.1) is 0 Å². The molecule has 0 heterocycles. The van der Waals surface area contributed by atoms with Gasteiger partial charge in [0.1, 0.15) is 6.10 Å². The number of unbranched alkanes of at least 4 members (excludes halogenated alkanes) is 8. The molecule has 0 aromatic heterocycles. The topological polar surface area (TPSA) is 26.3 Å². The summed E-state index contributed by atoms with van der Waals surface area (Å²) < 4.78 is 6.31. The Hall–Kier alpha value is -1.31. The van der Waals surface area contributed by atoms with Crippen molar-refractivity contribution in [1.29, 1.82) is 0 Å². The molecule has 2 spiro atoms. The summed E-state index contributed by atoms with van der Waals surface area (Å²) in [6, 6.07) is 0. The fraction of sp³-hybridized carbons (Fsp3) is 0.854. The fourth-order valence-electron chi connectivity index (χ4n) is 13.4. The van der Waals surface area contributed by atoms with Crippen LogP contribution >= 0.6 is 0 Å². The zero-order valence-corrected chi connectivity index (χ0v) is 34.1. The van der Waals surface area contributed by atoms with Crippen molar-refractivity contribution in [3.8, 4) is 0 Å². The summed E-state index contributed by atoms with van der Waals surface area (Å²) in [5, 5.41) is 0. The average molecular weight is 689 g/mol. The second-order valence-electron chi connectivity index (χ2n) is 19.4. The quantitative estimate of drug-likeness (QED) is 0.0723. The van der Waals surface area contributed by atoms with Gasteiger partial charge in [-0.3, -0.25) is 4.79 Å². The van der Waals surface area contributed by atoms with Gasteiger partial charge in [0, 0.05) is 6.42 Å². The Kier molecular flexibility index (Phi) is 13.7. The molecule has 5 fully saturated rings. The highest BCUT2D eigenvalue weighted by Crippen LogP contribution is 2.88. The van der Waals surface area contributed by atoms with Crippen LogP contribution in [0.15, 0.2) is 36.5 Å². The van der Waals surface area contributed by atoms with Crippen molar-refractivity contribution in [1.82, 2.24) is 0 Å². The van der Waals surface area contributed by atoms with E-state index in [0.717, 1.165) is 49.4 Å². The highest BCUT2D eigenvalue weighted by molar-refractivity contribution is 5.69. The van der Waals surface area contributed by atoms with E-state index in [1.165, 1.54) is 121 Å². The Labute approximate surface area is 310 Å². The standard InChI is InChI=1S/C48H80O2/c1-9-10-11-12-13-14-15-16-17-18-19-20-21-22-23-24-44(49)50-42-30-32-47-35-48(47)34-33-45(7)40(38(5)26-25-37(4)36(2)3)29-31-46(45,8)43(48)28-27-41(47)39(42)6/h13-14,16-17,37-43H,2,9-12,15,18-35H2,1,3-8H3/b14-13-,17-16-/t37-,38+,39-,40+,41-,42-,43-,45+,46-,47+,48-/m0/s1. The third kappa shape index (κ3) is 7.96. The van der Waals surface area contributed by atoms with E-state index in [1.54, 1.807) is 0 Å². The molecule has 5 saturated carbocycles. The zero-order valence-electron chi connectivity index (χ0n) is 34.1. The first-order chi connectivity index (χ1) is 24.0. The van der Waals surface area contributed by atoms with Gasteiger partial charge in [-0.05, 0) is 173 Å². The molecule has 0 aromatic rings. The summed E-state index contributed by atoms with van der Waals surface area (Å²) in [6.45, 7) is 21.6. The molecule has 5 aliphatic rings. The number of hydrogen-bond acceptors (Lipinski definition) is 2. The zero-order chi connectivity index (χ0) is 36.0. The second kappa shape index (κ2) is 17.2. The van der Waals surface area contributed by atoms with Gasteiger partial charge in [0.2, 0.25) is 0 Å². The number of allylic oxidation sites excluding steroid dienone is 5. The molecule has 0 aromatic carbocycles. The summed E-state index contributed by atoms with van der Waals surface area (Å²) in [7, 11) is 0. The lowest BCUT2D eigenvalue weighted by molar-refractivity contribution is -0.167. The van der Waals surface area contributed by atoms with Crippen LogP contribution in [0.3, 0.4) is 0 Å². The molecule has 2 heteroatoms. The smallest absolute Gasteiger partial charge is 0.306 e. The minimum atomic E-state index is 0.0763. The lowest BCUT2D eigenvalue weighted by Crippen LogP contribution is -2.56. The van der Waals surface area contributed by atoms with Crippen LogP contribution in [0.25, 0.3) is 0 Å². The molecule has 0 radical (unpaired) electrons. The number of carbonyl (C=O) groups excluding carboxylic acids is 1. The number of ether oxygens (including phenoxy) is 1. The van der Waals surface area contributed by atoms with E-state index < -0.39 is 0 Å². The molecule has 0 N–H and O–H groups in total. The highest BCUT2D eigenvalue weighted by atomic mass is 16.5. The molecule has 284 valence electrons. The van der Waals surface area contributed by atoms with Crippen molar-refractivity contribution in [2.24, 2.45) is 57.2 Å². The molecule has 50 heavy (non-hydrogen) atoms. The minimum absolute atomic E-state index is 0.0763. The third-order valence-corrected chi connectivity index (χ3v) is 16.9. The third-order valence-electron chi connectivity index (χ3n) is 16.9. The van der Waals surface area contributed by atoms with Crippen molar-refractivity contribution < 1.29 is 9.53 Å². The summed E-state index contributed by atoms with van der Waals surface area (Å²) in [5.41, 5.74) is 3.47. The predicted octanol–water partition coefficient (Wildman–Crippen LogP) is 14.4. The summed E-state index contributed by atoms with van der Waals surface area (Å²) in [5.74, 6) is 4.60. The molecule has 0 unspecified atom stereocenters. The minimum Gasteiger partial charge on any atom is -0.462 e. The average Bonchev–Trinajstić information content (AvgIpc) is 3.67. The summed E-state index contributed by atoms with van der Waals surface area (Å²) in [6.07, 6.45) is 38.6. The largest absolute Gasteiger partial charge is 0.462 e. The normalized spacial score (nSPS) is 38.7. The molecule has 0 amide bonds. The lowest BCUT2D eigenvalue weighted by Gasteiger charge is -2.62. The fourth-order valence-corrected chi connectivity index (χ4v) is 13.4. The van der Waals surface area contributed by atoms with Crippen LogP contribution in [0.5, 0.6) is 0 Å². The van der Waals surface area contributed by atoms with Crippen LogP contribution < -0.4 is 0 Å². The summed E-state index contributed by atoms with van der Waals surface area (Å²) in [4.78, 5) is 13.0. The van der Waals surface area contributed by atoms with E-state index in [-0.39, 0.29) is 12.1 Å². The van der Waals surface area contributed by atoms with Crippen LogP contribution in [0.2, 0.25) is 0 Å². The van der Waals surface area contributed by atoms with Gasteiger partial charge in [-0.2, -0.15) is 0 Å². The SMILES string of the molecule is C=C(C)[C@@H](C)CC[C@@H](C)[C@H]1CC[C@@]2(C)[C@@H]3CC[C@H]4[C@H](C)[C@@H](OC(=O)CCCCCCC/C=C\C/C=C\CCCCC)CC[C@@]45C[C@@]35CC[C@]12C. The van der Waals surface area contributed by atoms with Crippen molar-refractivity contribution in [3.63, 3.8) is 0 Å². The van der Waals surface area contributed by atoms with Gasteiger partial charge in [-0.1, -0.05) is 110 Å². The van der Waals surface area contributed by atoms with Crippen molar-refractivity contribution >= 4 is 5.97 Å². The van der Waals surface area contributed by atoms with E-state index in [2.05, 4.69) is 79.3 Å². The van der Waals surface area contributed by atoms with Crippen molar-refractivity contribution in [2.45, 2.75) is 202 Å². The Morgan fingerprint density at radius 3 is 2.22 bits per heavy atom. The maximum Gasteiger partial charge on any atom is 0.306 e. The molecule has 0 saturated heterocycles. The van der Waals surface area contributed by atoms with Gasteiger partial charge in [0.15, 0.2) is 0 Å². The number of esters is 1. The number of carbonyl (C=O) groups is 1. The highest BCUT2D eigenvalue weighted by Gasteiger charge is 2.81. The molecule has 5 rings (SSSR count). The van der Waals surface area contributed by atoms with Gasteiger partial charge in [0.25, 0.3) is 0 Å². The first-order valence-electron chi connectivity index (χ1n) is 22.1. The maximum absolute atomic E-state index is 13.0. The first kappa shape index (κ1) is 39.9. The number of hydrogen-bond donors (Lipinski definition) is 0. The van der Waals surface area contributed by atoms with Gasteiger partial charge < -0.3 is 4.74 Å². The van der Waals surface area contributed by atoms with Gasteiger partial charge >= 0.3 is 5.97 Å². The van der Waals surface area contributed by atoms with Gasteiger partial charge in [-0.25, -0.2) is 0 Å². The monoisotopic (exact) mass is 689 g/mol. The predicted molar refractivity (Wildman–Crippen MR) is 214 cm³/mol. The molecule has 5 aliphatic carbocycles. The molecular formula is C48H80O2. The number of fused-ring (bicyclic) bond motifs is 2. The Bertz CT molecular complexity index is 1180. The first-order valence-corrected chi connectivity index (χ1v) is 22.1. The van der Waals surface area contributed by atoms with Crippen LogP contribution in [0.1, 0.15) is 196 Å². The van der Waals surface area contributed by atoms with E-state index in [9.17, 15) is 4.79 Å². The van der Waals surface area contributed by atoms with Gasteiger partial charge in [0.05, 0.1) is 0 Å². The van der Waals surface area contributed by atoms with E-state index in [1.807, 2.05) is 0 Å². The molecule has 2 nitrogen and oxygen atoms in total. The Morgan fingerprint density at radius 1 is 0.800 bits per heavy atom. The summed E-state index contributed by atoms with van der Waals surface area (Å²) >= 11 is 0. The lowest BCUT2D eigenvalue weighted by atomic mass is 9.43. The van der Waals surface area contributed by atoms with Crippen LogP contribution in [0.4, 0.5) is 0 Å². The maximum atomic E-state index is 13.0. The molecule has 0 aliphatic heterocycles. The molecule has 11 atom stereocenters. The van der Waals surface area contributed by atoms with Crippen LogP contribution in [-0.4, -0.2) is 12.1 Å². The van der Waals surface area contributed by atoms with Crippen molar-refractivity contribution in [2.75, 3.05) is 0 Å². The second-order valence-corrected chi connectivity index (χ2v) is 19.4. The van der Waals surface area contributed by atoms with Crippen LogP contribution in [0, 0.1) is 57.2 Å².